The summed E-state index contributed by atoms with van der Waals surface area (Å²) in [5.74, 6) is 0.583. The Balaban J connectivity index is 1.73. The van der Waals surface area contributed by atoms with E-state index in [0.717, 1.165) is 0 Å². The van der Waals surface area contributed by atoms with Crippen molar-refractivity contribution >= 4 is 0 Å². The van der Waals surface area contributed by atoms with Crippen LogP contribution < -0.4 is 9.47 Å². The lowest BCUT2D eigenvalue weighted by Gasteiger charge is -2.45. The Labute approximate surface area is 177 Å². The summed E-state index contributed by atoms with van der Waals surface area (Å²) in [6.45, 7) is -1.33. The molecule has 31 heavy (non-hydrogen) atoms. The lowest BCUT2D eigenvalue weighted by Crippen LogP contribution is -2.65. The number of aliphatic hydroxyl groups is 7. The van der Waals surface area contributed by atoms with Gasteiger partial charge in [0.2, 0.25) is 6.29 Å². The molecule has 0 spiro atoms. The van der Waals surface area contributed by atoms with Gasteiger partial charge < -0.3 is 59.4 Å². The van der Waals surface area contributed by atoms with Crippen LogP contribution in [-0.2, 0) is 14.2 Å². The van der Waals surface area contributed by atoms with Gasteiger partial charge in [-0.05, 0) is 12.1 Å². The Bertz CT molecular complexity index is 700. The van der Waals surface area contributed by atoms with Crippen LogP contribution in [0.5, 0.6) is 11.5 Å². The average Bonchev–Trinajstić information content (AvgIpc) is 2.78. The number of benzene rings is 1. The summed E-state index contributed by atoms with van der Waals surface area (Å²) in [6, 6.07) is 6.55. The van der Waals surface area contributed by atoms with Gasteiger partial charge in [-0.25, -0.2) is 0 Å². The predicted molar refractivity (Wildman–Crippen MR) is 100 cm³/mol. The fraction of sp³-hybridized carbons (Fsp3) is 0.684. The molecule has 1 aromatic carbocycles. The van der Waals surface area contributed by atoms with Crippen LogP contribution in [0.2, 0.25) is 0 Å². The van der Waals surface area contributed by atoms with E-state index in [4.69, 9.17) is 23.7 Å². The van der Waals surface area contributed by atoms with Crippen LogP contribution in [0.1, 0.15) is 0 Å². The molecule has 2 aliphatic rings. The zero-order chi connectivity index (χ0) is 22.7. The van der Waals surface area contributed by atoms with Crippen LogP contribution in [0, 0.1) is 0 Å². The monoisotopic (exact) mass is 448 g/mol. The fourth-order valence-electron chi connectivity index (χ4n) is 3.49. The third-order valence-corrected chi connectivity index (χ3v) is 5.27. The molecule has 12 heteroatoms. The molecular formula is C19H28O12. The minimum absolute atomic E-state index is 0.228. The van der Waals surface area contributed by atoms with Crippen LogP contribution in [-0.4, -0.2) is 117 Å². The Kier molecular flexibility index (Phi) is 8.04. The van der Waals surface area contributed by atoms with Gasteiger partial charge in [0.1, 0.15) is 48.8 Å². The Morgan fingerprint density at radius 1 is 0.742 bits per heavy atom. The Morgan fingerprint density at radius 3 is 1.94 bits per heavy atom. The highest BCUT2D eigenvalue weighted by Gasteiger charge is 2.51. The van der Waals surface area contributed by atoms with Gasteiger partial charge in [-0.2, -0.15) is 0 Å². The molecule has 7 N–H and O–H groups in total. The Morgan fingerprint density at radius 2 is 1.32 bits per heavy atom. The van der Waals surface area contributed by atoms with E-state index >= 15 is 0 Å². The smallest absolute Gasteiger partial charge is 0.229 e. The molecule has 1 aromatic rings. The second-order valence-electron chi connectivity index (χ2n) is 7.27. The van der Waals surface area contributed by atoms with Gasteiger partial charge in [0.25, 0.3) is 0 Å². The van der Waals surface area contributed by atoms with Gasteiger partial charge in [-0.1, -0.05) is 12.1 Å². The number of hydrogen-bond donors (Lipinski definition) is 7. The summed E-state index contributed by atoms with van der Waals surface area (Å²) in [5.41, 5.74) is 0. The van der Waals surface area contributed by atoms with Crippen LogP contribution in [0.3, 0.4) is 0 Å². The highest BCUT2D eigenvalue weighted by molar-refractivity contribution is 5.39. The van der Waals surface area contributed by atoms with Gasteiger partial charge in [-0.15, -0.1) is 0 Å². The maximum absolute atomic E-state index is 10.6. The molecule has 2 saturated heterocycles. The summed E-state index contributed by atoms with van der Waals surface area (Å²) in [5, 5.41) is 70.0. The molecule has 176 valence electrons. The van der Waals surface area contributed by atoms with Crippen molar-refractivity contribution in [1.82, 2.24) is 0 Å². The van der Waals surface area contributed by atoms with Crippen LogP contribution >= 0.6 is 0 Å². The van der Waals surface area contributed by atoms with E-state index in [2.05, 4.69) is 0 Å². The average molecular weight is 448 g/mol. The van der Waals surface area contributed by atoms with E-state index in [0.29, 0.717) is 5.75 Å². The highest BCUT2D eigenvalue weighted by Crippen LogP contribution is 2.33. The number of aliphatic hydroxyl groups excluding tert-OH is 7. The second-order valence-corrected chi connectivity index (χ2v) is 7.27. The molecule has 0 aliphatic carbocycles. The molecule has 2 aliphatic heterocycles. The third kappa shape index (κ3) is 4.93. The third-order valence-electron chi connectivity index (χ3n) is 5.27. The first-order valence-corrected chi connectivity index (χ1v) is 9.70. The summed E-state index contributed by atoms with van der Waals surface area (Å²) in [4.78, 5) is 0. The Hall–Kier alpha value is -1.58. The molecule has 0 aromatic heterocycles. The van der Waals surface area contributed by atoms with E-state index in [1.54, 1.807) is 24.3 Å². The van der Waals surface area contributed by atoms with Crippen molar-refractivity contribution < 1.29 is 59.4 Å². The minimum Gasteiger partial charge on any atom is -0.493 e. The van der Waals surface area contributed by atoms with E-state index < -0.39 is 74.6 Å². The molecule has 10 atom stereocenters. The van der Waals surface area contributed by atoms with Crippen LogP contribution in [0.4, 0.5) is 0 Å². The van der Waals surface area contributed by atoms with Crippen molar-refractivity contribution in [2.45, 2.75) is 61.4 Å². The van der Waals surface area contributed by atoms with Crippen molar-refractivity contribution in [1.29, 1.82) is 0 Å². The predicted octanol–water partition coefficient (Wildman–Crippen LogP) is -3.30. The van der Waals surface area contributed by atoms with Crippen molar-refractivity contribution in [3.8, 4) is 11.5 Å². The van der Waals surface area contributed by atoms with Gasteiger partial charge in [0, 0.05) is 0 Å². The maximum atomic E-state index is 10.6. The molecule has 0 radical (unpaired) electrons. The van der Waals surface area contributed by atoms with E-state index in [9.17, 15) is 35.7 Å². The lowest BCUT2D eigenvalue weighted by molar-refractivity contribution is -0.352. The van der Waals surface area contributed by atoms with E-state index in [1.807, 2.05) is 0 Å². The highest BCUT2D eigenvalue weighted by atomic mass is 16.7. The summed E-state index contributed by atoms with van der Waals surface area (Å²) >= 11 is 0. The van der Waals surface area contributed by atoms with Crippen molar-refractivity contribution in [3.05, 3.63) is 24.3 Å². The number of para-hydroxylation sites is 2. The number of ether oxygens (including phenoxy) is 5. The zero-order valence-electron chi connectivity index (χ0n) is 16.7. The molecule has 3 rings (SSSR count). The first-order chi connectivity index (χ1) is 14.8. The molecule has 2 heterocycles. The van der Waals surface area contributed by atoms with Crippen LogP contribution in [0.15, 0.2) is 24.3 Å². The maximum Gasteiger partial charge on any atom is 0.229 e. The van der Waals surface area contributed by atoms with Crippen molar-refractivity contribution in [3.63, 3.8) is 0 Å². The molecule has 0 saturated carbocycles. The normalized spacial score (nSPS) is 41.0. The molecular weight excluding hydrogens is 420 g/mol. The van der Waals surface area contributed by atoms with E-state index in [-0.39, 0.29) is 5.75 Å². The topological polar surface area (TPSA) is 188 Å². The largest absolute Gasteiger partial charge is 0.493 e. The van der Waals surface area contributed by atoms with Gasteiger partial charge in [0.15, 0.2) is 17.8 Å². The zero-order valence-corrected chi connectivity index (χ0v) is 16.7. The number of methoxy groups -OCH3 is 1. The molecule has 0 bridgehead atoms. The van der Waals surface area contributed by atoms with Gasteiger partial charge in [-0.3, -0.25) is 0 Å². The molecule has 12 nitrogen and oxygen atoms in total. The van der Waals surface area contributed by atoms with Gasteiger partial charge in [0.05, 0.1) is 20.3 Å². The second kappa shape index (κ2) is 10.4. The molecule has 2 fully saturated rings. The van der Waals surface area contributed by atoms with Crippen molar-refractivity contribution in [2.75, 3.05) is 20.3 Å². The lowest BCUT2D eigenvalue weighted by atomic mass is 9.97. The first kappa shape index (κ1) is 24.1. The van der Waals surface area contributed by atoms with E-state index in [1.165, 1.54) is 7.11 Å². The van der Waals surface area contributed by atoms with Crippen LogP contribution in [0.25, 0.3) is 0 Å². The van der Waals surface area contributed by atoms with Crippen molar-refractivity contribution in [2.24, 2.45) is 0 Å². The fourth-order valence-corrected chi connectivity index (χ4v) is 3.49. The molecule has 0 amide bonds. The number of rotatable bonds is 7. The molecule has 0 unspecified atom stereocenters. The SMILES string of the molecule is COc1ccccc1O[C@@H]1O[C@H](CO)[C@H](O[C@H]2O[C@H](CO)[C@H](O)[C@H](O)[C@H]2O)[C@H](O)[C@H]1O. The summed E-state index contributed by atoms with van der Waals surface area (Å²) in [6.07, 6.45) is -15.1. The first-order valence-electron chi connectivity index (χ1n) is 9.70. The number of hydrogen-bond acceptors (Lipinski definition) is 12. The summed E-state index contributed by atoms with van der Waals surface area (Å²) < 4.78 is 27.1. The summed E-state index contributed by atoms with van der Waals surface area (Å²) in [7, 11) is 1.43. The minimum atomic E-state index is -1.73. The quantitative estimate of drug-likeness (QED) is 0.220. The van der Waals surface area contributed by atoms with Gasteiger partial charge >= 0.3 is 0 Å². The standard InChI is InChI=1S/C19H28O12/c1-27-8-4-2-3-5-9(8)28-18-16(26)14(24)17(11(7-21)30-18)31-19-15(25)13(23)12(22)10(6-20)29-19/h2-5,10-26H,6-7H2,1H3/t10-,11-,12+,13+,14-,15-,16-,17+,18-,19-/m1/s1.